The lowest BCUT2D eigenvalue weighted by Gasteiger charge is -2.40. The third-order valence-electron chi connectivity index (χ3n) is 4.12. The van der Waals surface area contributed by atoms with Crippen LogP contribution in [0.25, 0.3) is 6.08 Å². The number of aromatic amines is 1. The summed E-state index contributed by atoms with van der Waals surface area (Å²) < 4.78 is 0. The van der Waals surface area contributed by atoms with Crippen LogP contribution >= 0.6 is 0 Å². The molecule has 0 aliphatic carbocycles. The number of nitrogens with one attached hydrogen (secondary N) is 2. The molecule has 132 valence electrons. The number of rotatable bonds is 3. The summed E-state index contributed by atoms with van der Waals surface area (Å²) in [6.45, 7) is 9.89. The normalized spacial score (nSPS) is 19.3. The first-order chi connectivity index (χ1) is 11.2. The van der Waals surface area contributed by atoms with Crippen molar-refractivity contribution in [1.82, 2.24) is 20.2 Å². The minimum Gasteiger partial charge on any atom is -0.343 e. The summed E-state index contributed by atoms with van der Waals surface area (Å²) in [5, 5.41) is 2.92. The smallest absolute Gasteiger partial charge is 0.228 e. The maximum absolute atomic E-state index is 12.8. The van der Waals surface area contributed by atoms with E-state index in [1.807, 2.05) is 38.7 Å². The highest BCUT2D eigenvalue weighted by molar-refractivity contribution is 5.83. The van der Waals surface area contributed by atoms with Crippen molar-refractivity contribution in [2.75, 3.05) is 6.54 Å². The predicted octanol–water partition coefficient (Wildman–Crippen LogP) is 2.62. The fourth-order valence-corrected chi connectivity index (χ4v) is 3.03. The van der Waals surface area contributed by atoms with Gasteiger partial charge in [-0.15, -0.1) is 0 Å². The van der Waals surface area contributed by atoms with Gasteiger partial charge in [0, 0.05) is 24.6 Å². The number of nitrogens with zero attached hydrogens (tertiary/aromatic N) is 2. The number of carbonyl (C=O) groups excluding carboxylic acids is 2. The molecular weight excluding hydrogens is 304 g/mol. The Hall–Kier alpha value is -2.11. The Morgan fingerprint density at radius 3 is 2.62 bits per heavy atom. The Kier molecular flexibility index (Phi) is 5.47. The van der Waals surface area contributed by atoms with Gasteiger partial charge in [-0.1, -0.05) is 20.8 Å². The molecule has 1 aliphatic heterocycles. The second-order valence-corrected chi connectivity index (χ2v) is 7.46. The highest BCUT2D eigenvalue weighted by Gasteiger charge is 2.35. The number of aromatic nitrogens is 2. The van der Waals surface area contributed by atoms with Crippen LogP contribution in [0.15, 0.2) is 11.9 Å². The number of amides is 2. The Morgan fingerprint density at radius 1 is 1.38 bits per heavy atom. The minimum atomic E-state index is -0.443. The van der Waals surface area contributed by atoms with Crippen LogP contribution in [-0.2, 0) is 9.59 Å². The third-order valence-corrected chi connectivity index (χ3v) is 4.12. The Balaban J connectivity index is 2.36. The van der Waals surface area contributed by atoms with Gasteiger partial charge in [-0.2, -0.15) is 0 Å². The summed E-state index contributed by atoms with van der Waals surface area (Å²) in [4.78, 5) is 33.8. The lowest BCUT2D eigenvalue weighted by atomic mass is 9.90. The summed E-state index contributed by atoms with van der Waals surface area (Å²) in [6, 6.07) is -0.113. The van der Waals surface area contributed by atoms with Crippen LogP contribution in [0, 0.1) is 12.3 Å². The van der Waals surface area contributed by atoms with Gasteiger partial charge >= 0.3 is 0 Å². The first kappa shape index (κ1) is 18.2. The molecule has 2 rings (SSSR count). The van der Waals surface area contributed by atoms with Crippen molar-refractivity contribution >= 4 is 17.9 Å². The largest absolute Gasteiger partial charge is 0.343 e. The van der Waals surface area contributed by atoms with Crippen molar-refractivity contribution in [1.29, 1.82) is 0 Å². The van der Waals surface area contributed by atoms with Crippen LogP contribution in [0.5, 0.6) is 0 Å². The summed E-state index contributed by atoms with van der Waals surface area (Å²) in [5.41, 5.74) is 1.13. The van der Waals surface area contributed by atoms with Crippen molar-refractivity contribution in [3.8, 4) is 0 Å². The maximum atomic E-state index is 12.8. The average Bonchev–Trinajstić information content (AvgIpc) is 2.89. The quantitative estimate of drug-likeness (QED) is 0.893. The number of likely N-dealkylation sites (tertiary alicyclic amines) is 1. The van der Waals surface area contributed by atoms with Crippen LogP contribution in [0.3, 0.4) is 0 Å². The molecule has 0 spiro atoms. The molecule has 0 radical (unpaired) electrons. The lowest BCUT2D eigenvalue weighted by molar-refractivity contribution is -0.142. The molecule has 2 amide bonds. The van der Waals surface area contributed by atoms with E-state index in [-0.39, 0.29) is 17.9 Å². The topological polar surface area (TPSA) is 78.1 Å². The second kappa shape index (κ2) is 7.20. The average molecular weight is 332 g/mol. The van der Waals surface area contributed by atoms with E-state index in [1.165, 1.54) is 6.92 Å². The zero-order valence-electron chi connectivity index (χ0n) is 15.3. The SMILES string of the molecule is CC(=O)N/C(=C\c1cnc(C)[nH]1)[C@H]1CCCCN1C(=O)C(C)(C)C. The van der Waals surface area contributed by atoms with E-state index in [0.717, 1.165) is 43.0 Å². The van der Waals surface area contributed by atoms with Crippen molar-refractivity contribution in [3.05, 3.63) is 23.4 Å². The number of hydrogen-bond donors (Lipinski definition) is 2. The molecule has 1 fully saturated rings. The maximum Gasteiger partial charge on any atom is 0.228 e. The lowest BCUT2D eigenvalue weighted by Crippen LogP contribution is -2.51. The van der Waals surface area contributed by atoms with E-state index in [2.05, 4.69) is 15.3 Å². The highest BCUT2D eigenvalue weighted by Crippen LogP contribution is 2.28. The van der Waals surface area contributed by atoms with E-state index >= 15 is 0 Å². The van der Waals surface area contributed by atoms with E-state index in [0.29, 0.717) is 0 Å². The minimum absolute atomic E-state index is 0.113. The van der Waals surface area contributed by atoms with Crippen LogP contribution in [0.2, 0.25) is 0 Å². The highest BCUT2D eigenvalue weighted by atomic mass is 16.2. The van der Waals surface area contributed by atoms with Crippen LogP contribution < -0.4 is 5.32 Å². The number of hydrogen-bond acceptors (Lipinski definition) is 3. The van der Waals surface area contributed by atoms with Crippen molar-refractivity contribution < 1.29 is 9.59 Å². The zero-order valence-corrected chi connectivity index (χ0v) is 15.3. The predicted molar refractivity (Wildman–Crippen MR) is 93.9 cm³/mol. The molecule has 0 bridgehead atoms. The van der Waals surface area contributed by atoms with Crippen molar-refractivity contribution in [2.24, 2.45) is 5.41 Å². The Labute approximate surface area is 143 Å². The molecular formula is C18H28N4O2. The molecule has 0 aromatic carbocycles. The monoisotopic (exact) mass is 332 g/mol. The Bertz CT molecular complexity index is 640. The van der Waals surface area contributed by atoms with Crippen LogP contribution in [-0.4, -0.2) is 39.3 Å². The molecule has 2 heterocycles. The van der Waals surface area contributed by atoms with Crippen molar-refractivity contribution in [3.63, 3.8) is 0 Å². The number of imidazole rings is 1. The van der Waals surface area contributed by atoms with Gasteiger partial charge < -0.3 is 15.2 Å². The van der Waals surface area contributed by atoms with Gasteiger partial charge in [-0.05, 0) is 32.3 Å². The van der Waals surface area contributed by atoms with Gasteiger partial charge in [0.25, 0.3) is 0 Å². The van der Waals surface area contributed by atoms with Crippen molar-refractivity contribution in [2.45, 2.75) is 59.9 Å². The molecule has 24 heavy (non-hydrogen) atoms. The van der Waals surface area contributed by atoms with E-state index in [4.69, 9.17) is 0 Å². The number of H-pyrrole nitrogens is 1. The van der Waals surface area contributed by atoms with E-state index in [9.17, 15) is 9.59 Å². The molecule has 1 atom stereocenters. The molecule has 1 aromatic heterocycles. The molecule has 1 aromatic rings. The number of carbonyl (C=O) groups is 2. The molecule has 0 saturated carbocycles. The summed E-state index contributed by atoms with van der Waals surface area (Å²) in [6.07, 6.45) is 6.50. The standard InChI is InChI=1S/C18H28N4O2/c1-12-19-11-14(20-12)10-15(21-13(2)23)16-8-6-7-9-22(16)17(24)18(3,4)5/h10-11,16H,6-9H2,1-5H3,(H,19,20)(H,21,23)/b15-10-/t16-/m1/s1. The molecule has 6 nitrogen and oxygen atoms in total. The molecule has 1 aliphatic rings. The Morgan fingerprint density at radius 2 is 2.08 bits per heavy atom. The van der Waals surface area contributed by atoms with Gasteiger partial charge in [-0.25, -0.2) is 4.98 Å². The number of aryl methyl sites for hydroxylation is 1. The summed E-state index contributed by atoms with van der Waals surface area (Å²) in [7, 11) is 0. The molecule has 6 heteroatoms. The van der Waals surface area contributed by atoms with E-state index < -0.39 is 5.41 Å². The first-order valence-corrected chi connectivity index (χ1v) is 8.50. The van der Waals surface area contributed by atoms with Crippen LogP contribution in [0.1, 0.15) is 58.5 Å². The van der Waals surface area contributed by atoms with Gasteiger partial charge in [0.2, 0.25) is 11.8 Å². The second-order valence-electron chi connectivity index (χ2n) is 7.46. The first-order valence-electron chi connectivity index (χ1n) is 8.50. The molecule has 0 unspecified atom stereocenters. The summed E-state index contributed by atoms with van der Waals surface area (Å²) in [5.74, 6) is 0.796. The van der Waals surface area contributed by atoms with Gasteiger partial charge in [-0.3, -0.25) is 9.59 Å². The van der Waals surface area contributed by atoms with E-state index in [1.54, 1.807) is 6.20 Å². The fourth-order valence-electron chi connectivity index (χ4n) is 3.03. The zero-order chi connectivity index (χ0) is 17.9. The third kappa shape index (κ3) is 4.46. The molecule has 1 saturated heterocycles. The van der Waals surface area contributed by atoms with Crippen LogP contribution in [0.4, 0.5) is 0 Å². The van der Waals surface area contributed by atoms with Gasteiger partial charge in [0.1, 0.15) is 5.82 Å². The number of piperidine rings is 1. The fraction of sp³-hybridized carbons (Fsp3) is 0.611. The van der Waals surface area contributed by atoms with Gasteiger partial charge in [0.15, 0.2) is 0 Å². The summed E-state index contributed by atoms with van der Waals surface area (Å²) >= 11 is 0. The van der Waals surface area contributed by atoms with Gasteiger partial charge in [0.05, 0.1) is 17.9 Å². The molecule has 2 N–H and O–H groups in total.